The Bertz CT molecular complexity index is 616. The predicted octanol–water partition coefficient (Wildman–Crippen LogP) is 2.73. The lowest BCUT2D eigenvalue weighted by Crippen LogP contribution is -2.22. The SMILES string of the molecule is CONC(=O)c1cccc2c3c([nH]c12)CCCCC3. The van der Waals surface area contributed by atoms with Crippen LogP contribution in [0.25, 0.3) is 10.9 Å². The molecule has 1 amide bonds. The summed E-state index contributed by atoms with van der Waals surface area (Å²) < 4.78 is 0. The third kappa shape index (κ3) is 2.12. The van der Waals surface area contributed by atoms with Crippen LogP contribution in [-0.4, -0.2) is 18.0 Å². The Balaban J connectivity index is 2.13. The molecule has 0 spiro atoms. The van der Waals surface area contributed by atoms with Gasteiger partial charge in [0.1, 0.15) is 0 Å². The van der Waals surface area contributed by atoms with Crippen molar-refractivity contribution in [3.05, 3.63) is 35.0 Å². The molecule has 0 bridgehead atoms. The first kappa shape index (κ1) is 12.2. The molecule has 1 aromatic heterocycles. The van der Waals surface area contributed by atoms with Crippen LogP contribution < -0.4 is 5.48 Å². The van der Waals surface area contributed by atoms with E-state index in [1.54, 1.807) is 0 Å². The van der Waals surface area contributed by atoms with Crippen LogP contribution >= 0.6 is 0 Å². The van der Waals surface area contributed by atoms with E-state index in [4.69, 9.17) is 4.84 Å². The second kappa shape index (κ2) is 5.05. The summed E-state index contributed by atoms with van der Waals surface area (Å²) in [4.78, 5) is 20.1. The van der Waals surface area contributed by atoms with Crippen LogP contribution in [0.5, 0.6) is 0 Å². The van der Waals surface area contributed by atoms with Crippen LogP contribution in [0.1, 0.15) is 40.9 Å². The Hall–Kier alpha value is -1.81. The minimum Gasteiger partial charge on any atom is -0.358 e. The highest BCUT2D eigenvalue weighted by atomic mass is 16.6. The summed E-state index contributed by atoms with van der Waals surface area (Å²) in [5.41, 5.74) is 6.65. The molecule has 19 heavy (non-hydrogen) atoms. The number of carbonyl (C=O) groups is 1. The summed E-state index contributed by atoms with van der Waals surface area (Å²) in [6.07, 6.45) is 5.92. The van der Waals surface area contributed by atoms with E-state index in [2.05, 4.69) is 16.5 Å². The molecule has 0 aliphatic heterocycles. The van der Waals surface area contributed by atoms with Crippen molar-refractivity contribution in [2.45, 2.75) is 32.1 Å². The zero-order valence-electron chi connectivity index (χ0n) is 11.1. The Kier molecular flexibility index (Phi) is 3.25. The minimum atomic E-state index is -0.204. The third-order valence-corrected chi connectivity index (χ3v) is 3.82. The van der Waals surface area contributed by atoms with Gasteiger partial charge in [-0.2, -0.15) is 0 Å². The van der Waals surface area contributed by atoms with Crippen molar-refractivity contribution >= 4 is 16.8 Å². The summed E-state index contributed by atoms with van der Waals surface area (Å²) in [5.74, 6) is -0.204. The lowest BCUT2D eigenvalue weighted by atomic mass is 10.0. The van der Waals surface area contributed by atoms with Gasteiger partial charge in [0.2, 0.25) is 0 Å². The number of H-pyrrole nitrogens is 1. The molecular formula is C15H18N2O2. The number of carbonyl (C=O) groups excluding carboxylic acids is 1. The summed E-state index contributed by atoms with van der Waals surface area (Å²) >= 11 is 0. The first-order valence-electron chi connectivity index (χ1n) is 6.77. The number of nitrogens with one attached hydrogen (secondary N) is 2. The number of aryl methyl sites for hydroxylation is 2. The van der Waals surface area contributed by atoms with Gasteiger partial charge in [0, 0.05) is 11.1 Å². The normalized spacial score (nSPS) is 15.0. The van der Waals surface area contributed by atoms with Crippen LogP contribution in [0.3, 0.4) is 0 Å². The number of benzene rings is 1. The molecule has 3 rings (SSSR count). The Morgan fingerprint density at radius 1 is 1.26 bits per heavy atom. The van der Waals surface area contributed by atoms with Crippen LogP contribution in [0.4, 0.5) is 0 Å². The minimum absolute atomic E-state index is 0.204. The van der Waals surface area contributed by atoms with Gasteiger partial charge in [0.05, 0.1) is 18.2 Å². The fourth-order valence-corrected chi connectivity index (χ4v) is 2.94. The maximum Gasteiger partial charge on any atom is 0.276 e. The molecule has 0 unspecified atom stereocenters. The van der Waals surface area contributed by atoms with E-state index in [1.807, 2.05) is 12.1 Å². The molecule has 0 saturated heterocycles. The number of hydrogen-bond donors (Lipinski definition) is 2. The average Bonchev–Trinajstić information content (AvgIpc) is 2.61. The number of amides is 1. The zero-order valence-corrected chi connectivity index (χ0v) is 11.1. The van der Waals surface area contributed by atoms with Gasteiger partial charge in [0.15, 0.2) is 0 Å². The lowest BCUT2D eigenvalue weighted by molar-refractivity contribution is 0.0539. The van der Waals surface area contributed by atoms with Gasteiger partial charge in [-0.05, 0) is 37.3 Å². The van der Waals surface area contributed by atoms with E-state index in [1.165, 1.54) is 43.0 Å². The van der Waals surface area contributed by atoms with Crippen LogP contribution in [0.15, 0.2) is 18.2 Å². The lowest BCUT2D eigenvalue weighted by Gasteiger charge is -2.04. The Morgan fingerprint density at radius 2 is 2.11 bits per heavy atom. The van der Waals surface area contributed by atoms with Gasteiger partial charge in [-0.3, -0.25) is 9.63 Å². The number of rotatable bonds is 2. The molecule has 1 heterocycles. The van der Waals surface area contributed by atoms with E-state index in [-0.39, 0.29) is 5.91 Å². The average molecular weight is 258 g/mol. The molecular weight excluding hydrogens is 240 g/mol. The number of aromatic nitrogens is 1. The molecule has 100 valence electrons. The molecule has 2 N–H and O–H groups in total. The van der Waals surface area contributed by atoms with Crippen molar-refractivity contribution in [2.24, 2.45) is 0 Å². The van der Waals surface area contributed by atoms with E-state index in [0.29, 0.717) is 5.56 Å². The monoisotopic (exact) mass is 258 g/mol. The standard InChI is InChI=1S/C15H18N2O2/c1-19-17-15(18)12-8-5-7-11-10-6-3-2-4-9-13(10)16-14(11)12/h5,7-8,16H,2-4,6,9H2,1H3,(H,17,18). The van der Waals surface area contributed by atoms with Gasteiger partial charge >= 0.3 is 0 Å². The second-order valence-electron chi connectivity index (χ2n) is 5.01. The van der Waals surface area contributed by atoms with Gasteiger partial charge in [-0.1, -0.05) is 18.6 Å². The van der Waals surface area contributed by atoms with E-state index < -0.39 is 0 Å². The fourth-order valence-electron chi connectivity index (χ4n) is 2.94. The highest BCUT2D eigenvalue weighted by molar-refractivity contribution is 6.06. The van der Waals surface area contributed by atoms with Crippen LogP contribution in [0, 0.1) is 0 Å². The number of aromatic amines is 1. The highest BCUT2D eigenvalue weighted by Gasteiger charge is 2.18. The van der Waals surface area contributed by atoms with Crippen molar-refractivity contribution in [1.82, 2.24) is 10.5 Å². The summed E-state index contributed by atoms with van der Waals surface area (Å²) in [6.45, 7) is 0. The second-order valence-corrected chi connectivity index (χ2v) is 5.01. The molecule has 1 aromatic carbocycles. The first-order valence-corrected chi connectivity index (χ1v) is 6.77. The van der Waals surface area contributed by atoms with Crippen molar-refractivity contribution in [2.75, 3.05) is 7.11 Å². The van der Waals surface area contributed by atoms with E-state index in [9.17, 15) is 4.79 Å². The molecule has 4 heteroatoms. The maximum atomic E-state index is 12.0. The van der Waals surface area contributed by atoms with Gasteiger partial charge in [0.25, 0.3) is 5.91 Å². The first-order chi connectivity index (χ1) is 9.31. The summed E-state index contributed by atoms with van der Waals surface area (Å²) in [7, 11) is 1.45. The number of fused-ring (bicyclic) bond motifs is 3. The van der Waals surface area contributed by atoms with Crippen molar-refractivity contribution < 1.29 is 9.63 Å². The molecule has 1 aliphatic rings. The van der Waals surface area contributed by atoms with Crippen molar-refractivity contribution in [1.29, 1.82) is 0 Å². The molecule has 0 fully saturated rings. The molecule has 0 radical (unpaired) electrons. The van der Waals surface area contributed by atoms with Gasteiger partial charge in [-0.15, -0.1) is 0 Å². The Labute approximate surface area is 112 Å². The largest absolute Gasteiger partial charge is 0.358 e. The summed E-state index contributed by atoms with van der Waals surface area (Å²) in [6, 6.07) is 5.86. The van der Waals surface area contributed by atoms with Crippen molar-refractivity contribution in [3.63, 3.8) is 0 Å². The van der Waals surface area contributed by atoms with Gasteiger partial charge < -0.3 is 4.98 Å². The summed E-state index contributed by atoms with van der Waals surface area (Å²) in [5, 5.41) is 1.18. The topological polar surface area (TPSA) is 54.1 Å². The van der Waals surface area contributed by atoms with E-state index >= 15 is 0 Å². The van der Waals surface area contributed by atoms with E-state index in [0.717, 1.165) is 18.4 Å². The van der Waals surface area contributed by atoms with Crippen molar-refractivity contribution in [3.8, 4) is 0 Å². The molecule has 4 nitrogen and oxygen atoms in total. The molecule has 1 aliphatic carbocycles. The highest BCUT2D eigenvalue weighted by Crippen LogP contribution is 2.30. The molecule has 0 atom stereocenters. The molecule has 2 aromatic rings. The zero-order chi connectivity index (χ0) is 13.2. The smallest absolute Gasteiger partial charge is 0.276 e. The quantitative estimate of drug-likeness (QED) is 0.643. The number of para-hydroxylation sites is 1. The van der Waals surface area contributed by atoms with Gasteiger partial charge in [-0.25, -0.2) is 5.48 Å². The van der Waals surface area contributed by atoms with Crippen LogP contribution in [0.2, 0.25) is 0 Å². The Morgan fingerprint density at radius 3 is 2.95 bits per heavy atom. The fraction of sp³-hybridized carbons (Fsp3) is 0.400. The number of hydrogen-bond acceptors (Lipinski definition) is 2. The third-order valence-electron chi connectivity index (χ3n) is 3.82. The van der Waals surface area contributed by atoms with Crippen LogP contribution in [-0.2, 0) is 17.7 Å². The predicted molar refractivity (Wildman–Crippen MR) is 74.0 cm³/mol. The molecule has 0 saturated carbocycles. The maximum absolute atomic E-state index is 12.0. The number of hydroxylamine groups is 1.